The zero-order valence-electron chi connectivity index (χ0n) is 11.5. The predicted octanol–water partition coefficient (Wildman–Crippen LogP) is 3.40. The minimum Gasteiger partial charge on any atom is -0.243 e. The van der Waals surface area contributed by atoms with Gasteiger partial charge in [0.25, 0.3) is 0 Å². The summed E-state index contributed by atoms with van der Waals surface area (Å²) in [6, 6.07) is 12.5. The van der Waals surface area contributed by atoms with Gasteiger partial charge in [0.1, 0.15) is 0 Å². The van der Waals surface area contributed by atoms with Gasteiger partial charge in [-0.1, -0.05) is 30.3 Å². The number of aryl methyl sites for hydroxylation is 3. The highest BCUT2D eigenvalue weighted by molar-refractivity contribution is 5.82. The fourth-order valence-corrected chi connectivity index (χ4v) is 2.60. The van der Waals surface area contributed by atoms with Gasteiger partial charge >= 0.3 is 0 Å². The molecule has 2 aromatic heterocycles. The highest BCUT2D eigenvalue weighted by Gasteiger charge is 2.11. The lowest BCUT2D eigenvalue weighted by Gasteiger charge is -2.04. The van der Waals surface area contributed by atoms with Gasteiger partial charge in [-0.15, -0.1) is 0 Å². The van der Waals surface area contributed by atoms with E-state index in [2.05, 4.69) is 47.3 Å². The van der Waals surface area contributed by atoms with Crippen molar-refractivity contribution < 1.29 is 0 Å². The van der Waals surface area contributed by atoms with Crippen LogP contribution >= 0.6 is 0 Å². The maximum atomic E-state index is 4.65. The van der Waals surface area contributed by atoms with Crippen molar-refractivity contribution in [1.82, 2.24) is 14.8 Å². The van der Waals surface area contributed by atoms with E-state index in [1.165, 1.54) is 16.5 Å². The first kappa shape index (κ1) is 11.9. The molecular weight excluding hydrogens is 234 g/mol. The van der Waals surface area contributed by atoms with Crippen LogP contribution in [-0.4, -0.2) is 14.8 Å². The highest BCUT2D eigenvalue weighted by atomic mass is 15.3. The van der Waals surface area contributed by atoms with Crippen molar-refractivity contribution in [2.45, 2.75) is 27.3 Å². The van der Waals surface area contributed by atoms with Gasteiger partial charge in [0.05, 0.1) is 12.2 Å². The Morgan fingerprint density at radius 2 is 1.79 bits per heavy atom. The molecule has 0 bridgehead atoms. The molecule has 0 radical (unpaired) electrons. The number of nitrogens with zero attached hydrogens (tertiary/aromatic N) is 3. The van der Waals surface area contributed by atoms with Crippen molar-refractivity contribution in [3.05, 3.63) is 58.9 Å². The van der Waals surface area contributed by atoms with Crippen molar-refractivity contribution in [1.29, 1.82) is 0 Å². The van der Waals surface area contributed by atoms with Crippen molar-refractivity contribution in [3.8, 4) is 0 Å². The number of hydrogen-bond donors (Lipinski definition) is 0. The van der Waals surface area contributed by atoms with Crippen LogP contribution in [0.15, 0.2) is 36.4 Å². The summed E-state index contributed by atoms with van der Waals surface area (Å²) in [7, 11) is 0. The topological polar surface area (TPSA) is 30.7 Å². The summed E-state index contributed by atoms with van der Waals surface area (Å²) in [6.07, 6.45) is 0. The molecule has 0 saturated carbocycles. The van der Waals surface area contributed by atoms with Crippen molar-refractivity contribution in [2.24, 2.45) is 0 Å². The van der Waals surface area contributed by atoms with Crippen LogP contribution in [0.3, 0.4) is 0 Å². The first-order chi connectivity index (χ1) is 9.15. The smallest absolute Gasteiger partial charge is 0.158 e. The first-order valence-electron chi connectivity index (χ1n) is 6.50. The van der Waals surface area contributed by atoms with E-state index in [0.717, 1.165) is 23.6 Å². The quantitative estimate of drug-likeness (QED) is 0.699. The molecule has 96 valence electrons. The Labute approximate surface area is 112 Å². The lowest BCUT2D eigenvalue weighted by molar-refractivity contribution is 0.695. The summed E-state index contributed by atoms with van der Waals surface area (Å²) >= 11 is 0. The SMILES string of the molecule is Cc1cc(C)c2c(C)nn(Cc3ccccc3)c2n1. The molecule has 0 saturated heterocycles. The lowest BCUT2D eigenvalue weighted by atomic mass is 10.1. The number of fused-ring (bicyclic) bond motifs is 1. The Balaban J connectivity index is 2.14. The van der Waals surface area contributed by atoms with Gasteiger partial charge in [0.2, 0.25) is 0 Å². The zero-order valence-corrected chi connectivity index (χ0v) is 11.5. The second-order valence-electron chi connectivity index (χ2n) is 5.01. The van der Waals surface area contributed by atoms with E-state index in [9.17, 15) is 0 Å². The number of benzene rings is 1. The van der Waals surface area contributed by atoms with Crippen LogP contribution < -0.4 is 0 Å². The lowest BCUT2D eigenvalue weighted by Crippen LogP contribution is -2.03. The third-order valence-corrected chi connectivity index (χ3v) is 3.38. The Bertz CT molecular complexity index is 727. The second-order valence-corrected chi connectivity index (χ2v) is 5.01. The van der Waals surface area contributed by atoms with E-state index in [0.29, 0.717) is 0 Å². The largest absolute Gasteiger partial charge is 0.243 e. The van der Waals surface area contributed by atoms with Gasteiger partial charge in [-0.2, -0.15) is 5.10 Å². The Morgan fingerprint density at radius 3 is 2.53 bits per heavy atom. The fraction of sp³-hybridized carbons (Fsp3) is 0.250. The molecule has 0 aliphatic heterocycles. The van der Waals surface area contributed by atoms with Crippen LogP contribution in [-0.2, 0) is 6.54 Å². The van der Waals surface area contributed by atoms with E-state index < -0.39 is 0 Å². The van der Waals surface area contributed by atoms with Gasteiger partial charge in [-0.05, 0) is 38.0 Å². The van der Waals surface area contributed by atoms with Crippen LogP contribution in [0, 0.1) is 20.8 Å². The molecule has 3 heteroatoms. The summed E-state index contributed by atoms with van der Waals surface area (Å²) in [5, 5.41) is 5.82. The Hall–Kier alpha value is -2.16. The average Bonchev–Trinajstić information content (AvgIpc) is 2.67. The van der Waals surface area contributed by atoms with Gasteiger partial charge in [-0.25, -0.2) is 9.67 Å². The maximum Gasteiger partial charge on any atom is 0.158 e. The van der Waals surface area contributed by atoms with Gasteiger partial charge in [-0.3, -0.25) is 0 Å². The number of aromatic nitrogens is 3. The number of hydrogen-bond acceptors (Lipinski definition) is 2. The molecule has 0 amide bonds. The predicted molar refractivity (Wildman–Crippen MR) is 77.3 cm³/mol. The number of rotatable bonds is 2. The molecule has 0 N–H and O–H groups in total. The standard InChI is InChI=1S/C16H17N3/c1-11-9-12(2)17-16-15(11)13(3)18-19(16)10-14-7-5-4-6-8-14/h4-9H,10H2,1-3H3. The Kier molecular flexibility index (Phi) is 2.82. The molecule has 1 aromatic carbocycles. The van der Waals surface area contributed by atoms with Crippen molar-refractivity contribution in [3.63, 3.8) is 0 Å². The van der Waals surface area contributed by atoms with E-state index in [4.69, 9.17) is 0 Å². The first-order valence-corrected chi connectivity index (χ1v) is 6.50. The summed E-state index contributed by atoms with van der Waals surface area (Å²) in [5.41, 5.74) is 5.57. The fourth-order valence-electron chi connectivity index (χ4n) is 2.60. The van der Waals surface area contributed by atoms with Crippen LogP contribution in [0.4, 0.5) is 0 Å². The molecule has 19 heavy (non-hydrogen) atoms. The maximum absolute atomic E-state index is 4.65. The highest BCUT2D eigenvalue weighted by Crippen LogP contribution is 2.22. The normalized spacial score (nSPS) is 11.1. The van der Waals surface area contributed by atoms with Crippen LogP contribution in [0.5, 0.6) is 0 Å². The summed E-state index contributed by atoms with van der Waals surface area (Å²) < 4.78 is 2.00. The van der Waals surface area contributed by atoms with Gasteiger partial charge in [0.15, 0.2) is 5.65 Å². The van der Waals surface area contributed by atoms with E-state index in [-0.39, 0.29) is 0 Å². The number of pyridine rings is 1. The zero-order chi connectivity index (χ0) is 13.4. The molecule has 0 fully saturated rings. The molecule has 0 atom stereocenters. The Morgan fingerprint density at radius 1 is 1.05 bits per heavy atom. The molecular formula is C16H17N3. The molecule has 3 nitrogen and oxygen atoms in total. The summed E-state index contributed by atoms with van der Waals surface area (Å²) in [6.45, 7) is 6.97. The average molecular weight is 251 g/mol. The summed E-state index contributed by atoms with van der Waals surface area (Å²) in [4.78, 5) is 4.65. The molecule has 0 aliphatic carbocycles. The monoisotopic (exact) mass is 251 g/mol. The van der Waals surface area contributed by atoms with Gasteiger partial charge < -0.3 is 0 Å². The summed E-state index contributed by atoms with van der Waals surface area (Å²) in [5.74, 6) is 0. The third-order valence-electron chi connectivity index (χ3n) is 3.38. The van der Waals surface area contributed by atoms with Gasteiger partial charge in [0, 0.05) is 11.1 Å². The minimum atomic E-state index is 0.765. The molecule has 3 aromatic rings. The molecule has 3 rings (SSSR count). The second kappa shape index (κ2) is 4.50. The van der Waals surface area contributed by atoms with Crippen molar-refractivity contribution >= 4 is 11.0 Å². The van der Waals surface area contributed by atoms with Crippen LogP contribution in [0.1, 0.15) is 22.5 Å². The third kappa shape index (κ3) is 2.12. The van der Waals surface area contributed by atoms with E-state index >= 15 is 0 Å². The minimum absolute atomic E-state index is 0.765. The molecule has 2 heterocycles. The van der Waals surface area contributed by atoms with E-state index in [1.807, 2.05) is 24.6 Å². The molecule has 0 unspecified atom stereocenters. The van der Waals surface area contributed by atoms with E-state index in [1.54, 1.807) is 0 Å². The van der Waals surface area contributed by atoms with Crippen LogP contribution in [0.2, 0.25) is 0 Å². The van der Waals surface area contributed by atoms with Crippen molar-refractivity contribution in [2.75, 3.05) is 0 Å². The molecule has 0 spiro atoms. The van der Waals surface area contributed by atoms with Crippen LogP contribution in [0.25, 0.3) is 11.0 Å². The molecule has 0 aliphatic rings.